The molecule has 1 fully saturated rings. The van der Waals surface area contributed by atoms with E-state index in [2.05, 4.69) is 57.2 Å². The fourth-order valence-electron chi connectivity index (χ4n) is 5.89. The van der Waals surface area contributed by atoms with Gasteiger partial charge in [-0.15, -0.1) is 0 Å². The van der Waals surface area contributed by atoms with Crippen LogP contribution < -0.4 is 16.0 Å². The number of hydrogen-bond donors (Lipinski definition) is 5. The minimum Gasteiger partial charge on any atom is -0.453 e. The minimum atomic E-state index is -1.22. The molecule has 14 nitrogen and oxygen atoms in total. The zero-order valence-electron chi connectivity index (χ0n) is 29.5. The van der Waals surface area contributed by atoms with E-state index in [1.807, 2.05) is 42.5 Å². The maximum atomic E-state index is 14.7. The zero-order chi connectivity index (χ0) is 37.2. The SMILES string of the molecule is COC(=O)NCC(=O)NCCCCc1nc2ccc(C#Cc3ccc(-c4cnc(C5C[C@@H](F)CN5C(=O)C(NC(=O)OC)C(C)C)[nH]4)cc3)cc2[nH]1. The van der Waals surface area contributed by atoms with Crippen molar-refractivity contribution >= 4 is 35.0 Å². The number of aromatic nitrogens is 4. The predicted molar refractivity (Wildman–Crippen MR) is 191 cm³/mol. The molecule has 1 aliphatic heterocycles. The number of aromatic amines is 2. The molecule has 0 saturated carbocycles. The van der Waals surface area contributed by atoms with E-state index >= 15 is 0 Å². The summed E-state index contributed by atoms with van der Waals surface area (Å²) >= 11 is 0. The predicted octanol–water partition coefficient (Wildman–Crippen LogP) is 4.14. The number of methoxy groups -OCH3 is 2. The van der Waals surface area contributed by atoms with Crippen LogP contribution in [0.25, 0.3) is 22.3 Å². The summed E-state index contributed by atoms with van der Waals surface area (Å²) in [6, 6.07) is 12.0. The molecule has 1 aliphatic rings. The summed E-state index contributed by atoms with van der Waals surface area (Å²) in [5.41, 5.74) is 4.94. The van der Waals surface area contributed by atoms with E-state index < -0.39 is 30.4 Å². The lowest BCUT2D eigenvalue weighted by Crippen LogP contribution is -2.51. The molecule has 2 unspecified atom stereocenters. The van der Waals surface area contributed by atoms with Gasteiger partial charge in [0.1, 0.15) is 23.9 Å². The fraction of sp³-hybridized carbons (Fsp3) is 0.405. The van der Waals surface area contributed by atoms with Gasteiger partial charge in [0.25, 0.3) is 0 Å². The monoisotopic (exact) mass is 714 g/mol. The number of benzene rings is 2. The van der Waals surface area contributed by atoms with E-state index in [4.69, 9.17) is 0 Å². The Morgan fingerprint density at radius 1 is 0.981 bits per heavy atom. The van der Waals surface area contributed by atoms with Crippen LogP contribution in [0.3, 0.4) is 0 Å². The number of nitrogens with zero attached hydrogens (tertiary/aromatic N) is 3. The van der Waals surface area contributed by atoms with Crippen LogP contribution in [0, 0.1) is 17.8 Å². The lowest BCUT2D eigenvalue weighted by atomic mass is 10.0. The van der Waals surface area contributed by atoms with Crippen molar-refractivity contribution in [2.75, 3.05) is 33.9 Å². The van der Waals surface area contributed by atoms with Gasteiger partial charge in [0, 0.05) is 30.5 Å². The van der Waals surface area contributed by atoms with E-state index in [-0.39, 0.29) is 37.2 Å². The number of H-pyrrole nitrogens is 2. The van der Waals surface area contributed by atoms with E-state index in [9.17, 15) is 23.6 Å². The largest absolute Gasteiger partial charge is 0.453 e. The molecule has 0 bridgehead atoms. The van der Waals surface area contributed by atoms with Crippen LogP contribution >= 0.6 is 0 Å². The molecular formula is C37H43FN8O6. The Kier molecular flexibility index (Phi) is 12.5. The number of alkyl halides is 1. The molecule has 1 saturated heterocycles. The number of rotatable bonds is 12. The van der Waals surface area contributed by atoms with E-state index in [1.54, 1.807) is 20.0 Å². The van der Waals surface area contributed by atoms with Crippen molar-refractivity contribution in [3.8, 4) is 23.1 Å². The highest BCUT2D eigenvalue weighted by atomic mass is 19.1. The number of alkyl carbamates (subject to hydrolysis) is 2. The number of carbonyl (C=O) groups is 4. The number of halogens is 1. The average Bonchev–Trinajstić information content (AvgIpc) is 3.89. The first kappa shape index (κ1) is 37.3. The molecule has 3 heterocycles. The molecule has 4 aromatic rings. The number of aryl methyl sites for hydroxylation is 1. The van der Waals surface area contributed by atoms with Crippen LogP contribution in [0.15, 0.2) is 48.7 Å². The molecule has 5 N–H and O–H groups in total. The molecule has 274 valence electrons. The van der Waals surface area contributed by atoms with Crippen molar-refractivity contribution < 1.29 is 33.0 Å². The van der Waals surface area contributed by atoms with Crippen molar-refractivity contribution in [1.82, 2.24) is 40.8 Å². The topological polar surface area (TPSA) is 183 Å². The van der Waals surface area contributed by atoms with Gasteiger partial charge in [0.2, 0.25) is 11.8 Å². The smallest absolute Gasteiger partial charge is 0.407 e. The van der Waals surface area contributed by atoms with Crippen LogP contribution in [0.1, 0.15) is 61.9 Å². The van der Waals surface area contributed by atoms with E-state index in [0.29, 0.717) is 12.4 Å². The molecular weight excluding hydrogens is 671 g/mol. The van der Waals surface area contributed by atoms with Gasteiger partial charge in [-0.2, -0.15) is 0 Å². The second-order valence-electron chi connectivity index (χ2n) is 12.8. The van der Waals surface area contributed by atoms with Crippen molar-refractivity contribution in [1.29, 1.82) is 0 Å². The Labute approximate surface area is 300 Å². The van der Waals surface area contributed by atoms with Crippen molar-refractivity contribution in [3.63, 3.8) is 0 Å². The maximum Gasteiger partial charge on any atom is 0.407 e. The summed E-state index contributed by atoms with van der Waals surface area (Å²) in [5.74, 6) is 6.83. The number of imidazole rings is 2. The summed E-state index contributed by atoms with van der Waals surface area (Å²) in [5, 5.41) is 7.67. The van der Waals surface area contributed by atoms with Crippen LogP contribution in [0.4, 0.5) is 14.0 Å². The normalized spacial score (nSPS) is 15.8. The summed E-state index contributed by atoms with van der Waals surface area (Å²) < 4.78 is 23.8. The molecule has 4 amide bonds. The minimum absolute atomic E-state index is 0.0868. The Hall–Kier alpha value is -5.91. The van der Waals surface area contributed by atoms with Gasteiger partial charge < -0.3 is 40.3 Å². The quantitative estimate of drug-likeness (QED) is 0.107. The van der Waals surface area contributed by atoms with E-state index in [1.165, 1.54) is 19.1 Å². The first-order valence-corrected chi connectivity index (χ1v) is 17.1. The second kappa shape index (κ2) is 17.3. The maximum absolute atomic E-state index is 14.7. The molecule has 2 aromatic heterocycles. The lowest BCUT2D eigenvalue weighted by molar-refractivity contribution is -0.135. The molecule has 3 atom stereocenters. The molecule has 0 radical (unpaired) electrons. The third-order valence-corrected chi connectivity index (χ3v) is 8.65. The fourth-order valence-corrected chi connectivity index (χ4v) is 5.89. The molecule has 0 spiro atoms. The van der Waals surface area contributed by atoms with Crippen LogP contribution in [-0.4, -0.2) is 94.9 Å². The Bertz CT molecular complexity index is 1950. The van der Waals surface area contributed by atoms with Gasteiger partial charge in [0.15, 0.2) is 0 Å². The third-order valence-electron chi connectivity index (χ3n) is 8.65. The van der Waals surface area contributed by atoms with Crippen LogP contribution in [0.2, 0.25) is 0 Å². The van der Waals surface area contributed by atoms with Gasteiger partial charge >= 0.3 is 12.2 Å². The summed E-state index contributed by atoms with van der Waals surface area (Å²) in [6.45, 7) is 3.88. The van der Waals surface area contributed by atoms with E-state index in [0.717, 1.165) is 58.5 Å². The number of unbranched alkanes of at least 4 members (excludes halogenated alkanes) is 1. The highest BCUT2D eigenvalue weighted by Crippen LogP contribution is 2.34. The number of ether oxygens (including phenoxy) is 2. The van der Waals surface area contributed by atoms with Gasteiger partial charge in [-0.05, 0) is 54.7 Å². The molecule has 2 aromatic carbocycles. The first-order chi connectivity index (χ1) is 25.0. The Balaban J connectivity index is 1.16. The van der Waals surface area contributed by atoms with Crippen molar-refractivity contribution in [3.05, 3.63) is 71.4 Å². The number of hydrogen-bond acceptors (Lipinski definition) is 8. The van der Waals surface area contributed by atoms with Crippen molar-refractivity contribution in [2.45, 2.75) is 57.8 Å². The van der Waals surface area contributed by atoms with Crippen LogP contribution in [0.5, 0.6) is 0 Å². The van der Waals surface area contributed by atoms with Gasteiger partial charge in [-0.25, -0.2) is 23.9 Å². The highest BCUT2D eigenvalue weighted by molar-refractivity contribution is 5.86. The first-order valence-electron chi connectivity index (χ1n) is 17.1. The number of likely N-dealkylation sites (tertiary alicyclic amines) is 1. The summed E-state index contributed by atoms with van der Waals surface area (Å²) in [4.78, 5) is 65.3. The number of carbonyl (C=O) groups excluding carboxylic acids is 4. The van der Waals surface area contributed by atoms with Gasteiger partial charge in [0.05, 0.1) is 56.3 Å². The highest BCUT2D eigenvalue weighted by Gasteiger charge is 2.41. The summed E-state index contributed by atoms with van der Waals surface area (Å²) in [6.07, 6.45) is 1.47. The number of amides is 4. The van der Waals surface area contributed by atoms with Crippen LogP contribution in [-0.2, 0) is 25.5 Å². The number of nitrogens with one attached hydrogen (secondary N) is 5. The average molecular weight is 715 g/mol. The second-order valence-corrected chi connectivity index (χ2v) is 12.8. The zero-order valence-corrected chi connectivity index (χ0v) is 29.5. The van der Waals surface area contributed by atoms with Crippen molar-refractivity contribution in [2.24, 2.45) is 5.92 Å². The molecule has 52 heavy (non-hydrogen) atoms. The Morgan fingerprint density at radius 3 is 2.44 bits per heavy atom. The standard InChI is InChI=1S/C37H43FN8O6/c1-22(2)33(45-37(50)52-4)35(48)46-21-26(38)18-30(46)34-40-19-29(44-34)25-13-10-23(11-14-25)8-9-24-12-15-27-28(17-24)43-31(42-27)7-5-6-16-39-32(47)20-41-36(49)51-3/h10-15,17,19,22,26,30,33H,5-7,16,18,20-21H2,1-4H3,(H,39,47)(H,40,44)(H,41,49)(H,42,43)(H,45,50)/t26-,30?,33?/m1/s1. The van der Waals surface area contributed by atoms with Gasteiger partial charge in [-0.3, -0.25) is 9.59 Å². The third kappa shape index (κ3) is 9.65. The Morgan fingerprint density at radius 2 is 1.71 bits per heavy atom. The molecule has 5 rings (SSSR count). The molecule has 15 heteroatoms. The molecule has 0 aliphatic carbocycles. The summed E-state index contributed by atoms with van der Waals surface area (Å²) in [7, 11) is 2.47. The number of fused-ring (bicyclic) bond motifs is 1. The van der Waals surface area contributed by atoms with Gasteiger partial charge in [-0.1, -0.05) is 37.8 Å². The lowest BCUT2D eigenvalue weighted by Gasteiger charge is -2.29.